The third kappa shape index (κ3) is 4.56. The molecule has 3 rings (SSSR count). The Morgan fingerprint density at radius 2 is 2.12 bits per heavy atom. The maximum absolute atomic E-state index is 14.5. The van der Waals surface area contributed by atoms with Crippen LogP contribution in [0.5, 0.6) is 0 Å². The van der Waals surface area contributed by atoms with E-state index in [4.69, 9.17) is 4.74 Å². The molecule has 6 nitrogen and oxygen atoms in total. The summed E-state index contributed by atoms with van der Waals surface area (Å²) in [6.45, 7) is 5.25. The van der Waals surface area contributed by atoms with Crippen LogP contribution >= 0.6 is 11.8 Å². The van der Waals surface area contributed by atoms with E-state index >= 15 is 0 Å². The molecule has 2 heterocycles. The van der Waals surface area contributed by atoms with Gasteiger partial charge in [-0.2, -0.15) is 0 Å². The van der Waals surface area contributed by atoms with E-state index in [1.165, 1.54) is 17.8 Å². The van der Waals surface area contributed by atoms with Gasteiger partial charge in [0.15, 0.2) is 5.16 Å². The summed E-state index contributed by atoms with van der Waals surface area (Å²) in [6.07, 6.45) is 3.62. The van der Waals surface area contributed by atoms with Gasteiger partial charge in [-0.05, 0) is 32.0 Å². The first-order valence-corrected chi connectivity index (χ1v) is 9.51. The van der Waals surface area contributed by atoms with E-state index in [0.29, 0.717) is 24.5 Å². The van der Waals surface area contributed by atoms with E-state index in [0.717, 1.165) is 5.16 Å². The lowest BCUT2D eigenvalue weighted by Gasteiger charge is -2.37. The van der Waals surface area contributed by atoms with E-state index < -0.39 is 0 Å². The predicted molar refractivity (Wildman–Crippen MR) is 101 cm³/mol. The van der Waals surface area contributed by atoms with Gasteiger partial charge in [-0.15, -0.1) is 0 Å². The molecule has 1 amide bonds. The van der Waals surface area contributed by atoms with E-state index in [1.54, 1.807) is 18.3 Å². The van der Waals surface area contributed by atoms with Crippen molar-refractivity contribution in [3.63, 3.8) is 0 Å². The predicted octanol–water partition coefficient (Wildman–Crippen LogP) is 2.90. The lowest BCUT2D eigenvalue weighted by atomic mass is 10.2. The van der Waals surface area contributed by atoms with Crippen LogP contribution in [0.3, 0.4) is 0 Å². The molecule has 140 valence electrons. The van der Waals surface area contributed by atoms with Crippen molar-refractivity contribution < 1.29 is 13.9 Å². The number of hydrogen-bond acceptors (Lipinski definition) is 5. The Hall–Kier alpha value is -2.06. The van der Waals surface area contributed by atoms with Crippen molar-refractivity contribution in [3.8, 4) is 0 Å². The van der Waals surface area contributed by atoms with Crippen molar-refractivity contribution in [2.45, 2.75) is 31.2 Å². The maximum Gasteiger partial charge on any atom is 0.234 e. The molecule has 8 heteroatoms. The molecule has 0 bridgehead atoms. The average Bonchev–Trinajstić information content (AvgIpc) is 2.97. The first-order valence-electron chi connectivity index (χ1n) is 8.52. The van der Waals surface area contributed by atoms with Crippen LogP contribution < -0.4 is 10.2 Å². The van der Waals surface area contributed by atoms with Gasteiger partial charge in [-0.1, -0.05) is 11.8 Å². The molecule has 2 atom stereocenters. The van der Waals surface area contributed by atoms with Crippen molar-refractivity contribution in [1.29, 1.82) is 0 Å². The Morgan fingerprint density at radius 3 is 2.73 bits per heavy atom. The summed E-state index contributed by atoms with van der Waals surface area (Å²) in [5, 5.41) is 3.49. The van der Waals surface area contributed by atoms with E-state index in [1.807, 2.05) is 36.6 Å². The highest BCUT2D eigenvalue weighted by Gasteiger charge is 2.24. The Kier molecular flexibility index (Phi) is 5.83. The lowest BCUT2D eigenvalue weighted by Crippen LogP contribution is -2.45. The van der Waals surface area contributed by atoms with Crippen LogP contribution in [0, 0.1) is 5.82 Å². The highest BCUT2D eigenvalue weighted by atomic mass is 32.2. The largest absolute Gasteiger partial charge is 0.372 e. The number of halogens is 1. The normalized spacial score (nSPS) is 20.2. The molecular formula is C18H23FN4O2S. The lowest BCUT2D eigenvalue weighted by molar-refractivity contribution is -0.113. The molecule has 1 aromatic heterocycles. The Labute approximate surface area is 156 Å². The Balaban J connectivity index is 1.60. The molecule has 0 spiro atoms. The van der Waals surface area contributed by atoms with Crippen LogP contribution in [0.15, 0.2) is 35.7 Å². The van der Waals surface area contributed by atoms with Gasteiger partial charge in [-0.3, -0.25) is 4.79 Å². The fraction of sp³-hybridized carbons (Fsp3) is 0.444. The molecule has 1 saturated heterocycles. The second kappa shape index (κ2) is 8.09. The number of rotatable bonds is 5. The van der Waals surface area contributed by atoms with E-state index in [9.17, 15) is 9.18 Å². The maximum atomic E-state index is 14.5. The number of hydrogen-bond donors (Lipinski definition) is 1. The monoisotopic (exact) mass is 378 g/mol. The van der Waals surface area contributed by atoms with Gasteiger partial charge >= 0.3 is 0 Å². The highest BCUT2D eigenvalue weighted by Crippen LogP contribution is 2.26. The fourth-order valence-electron chi connectivity index (χ4n) is 3.03. The van der Waals surface area contributed by atoms with Crippen LogP contribution in [0.25, 0.3) is 0 Å². The number of anilines is 2. The van der Waals surface area contributed by atoms with Gasteiger partial charge in [0.25, 0.3) is 0 Å². The van der Waals surface area contributed by atoms with Crippen molar-refractivity contribution in [2.75, 3.05) is 29.1 Å². The number of ether oxygens (including phenoxy) is 1. The first kappa shape index (κ1) is 18.7. The van der Waals surface area contributed by atoms with Gasteiger partial charge in [0.05, 0.1) is 23.6 Å². The summed E-state index contributed by atoms with van der Waals surface area (Å²) in [6, 6.07) is 4.80. The van der Waals surface area contributed by atoms with E-state index in [-0.39, 0.29) is 29.7 Å². The fourth-order valence-corrected chi connectivity index (χ4v) is 3.77. The van der Waals surface area contributed by atoms with Gasteiger partial charge in [0.2, 0.25) is 5.91 Å². The quantitative estimate of drug-likeness (QED) is 0.811. The van der Waals surface area contributed by atoms with Gasteiger partial charge < -0.3 is 19.5 Å². The number of amides is 1. The van der Waals surface area contributed by atoms with Crippen LogP contribution in [-0.2, 0) is 16.6 Å². The van der Waals surface area contributed by atoms with Crippen LogP contribution in [-0.4, -0.2) is 46.5 Å². The second-order valence-corrected chi connectivity index (χ2v) is 7.43. The minimum Gasteiger partial charge on any atom is -0.372 e. The number of benzene rings is 1. The molecule has 0 saturated carbocycles. The zero-order chi connectivity index (χ0) is 18.7. The molecule has 1 aliphatic rings. The standard InChI is InChI=1S/C18H23FN4O2S/c1-12-9-23(10-13(2)25-12)16-5-4-14(8-15(16)19)21-17(24)11-26-18-20-6-7-22(18)3/h4-8,12-13H,9-11H2,1-3H3,(H,21,24)/t12-,13-/m0/s1. The van der Waals surface area contributed by atoms with Gasteiger partial charge in [-0.25, -0.2) is 9.37 Å². The van der Waals surface area contributed by atoms with Crippen molar-refractivity contribution in [2.24, 2.45) is 7.05 Å². The molecule has 1 fully saturated rings. The number of carbonyl (C=O) groups is 1. The average molecular weight is 378 g/mol. The smallest absolute Gasteiger partial charge is 0.234 e. The number of morpholine rings is 1. The topological polar surface area (TPSA) is 59.4 Å². The molecule has 0 aliphatic carbocycles. The summed E-state index contributed by atoms with van der Waals surface area (Å²) in [5.41, 5.74) is 0.985. The third-order valence-corrected chi connectivity index (χ3v) is 5.16. The zero-order valence-corrected chi connectivity index (χ0v) is 15.9. The molecule has 0 radical (unpaired) electrons. The van der Waals surface area contributed by atoms with Crippen molar-refractivity contribution in [3.05, 3.63) is 36.4 Å². The molecular weight excluding hydrogens is 355 g/mol. The van der Waals surface area contributed by atoms with Gasteiger partial charge in [0, 0.05) is 38.2 Å². The van der Waals surface area contributed by atoms with Crippen molar-refractivity contribution in [1.82, 2.24) is 9.55 Å². The number of nitrogens with zero attached hydrogens (tertiary/aromatic N) is 3. The minimum absolute atomic E-state index is 0.0562. The van der Waals surface area contributed by atoms with Crippen LogP contribution in [0.1, 0.15) is 13.8 Å². The third-order valence-electron chi connectivity index (χ3n) is 4.10. The summed E-state index contributed by atoms with van der Waals surface area (Å²) in [5.74, 6) is -0.327. The van der Waals surface area contributed by atoms with Crippen LogP contribution in [0.2, 0.25) is 0 Å². The molecule has 1 N–H and O–H groups in total. The Morgan fingerprint density at radius 1 is 1.38 bits per heavy atom. The molecule has 0 unspecified atom stereocenters. The number of carbonyl (C=O) groups excluding carboxylic acids is 1. The molecule has 1 aliphatic heterocycles. The van der Waals surface area contributed by atoms with E-state index in [2.05, 4.69) is 10.3 Å². The number of aromatic nitrogens is 2. The number of thioether (sulfide) groups is 1. The summed E-state index contributed by atoms with van der Waals surface area (Å²) < 4.78 is 22.1. The number of aryl methyl sites for hydroxylation is 1. The first-order chi connectivity index (χ1) is 12.4. The summed E-state index contributed by atoms with van der Waals surface area (Å²) in [7, 11) is 1.87. The molecule has 2 aromatic rings. The number of nitrogens with one attached hydrogen (secondary N) is 1. The summed E-state index contributed by atoms with van der Waals surface area (Å²) >= 11 is 1.34. The van der Waals surface area contributed by atoms with Gasteiger partial charge in [0.1, 0.15) is 5.82 Å². The minimum atomic E-state index is -0.346. The van der Waals surface area contributed by atoms with Crippen molar-refractivity contribution >= 4 is 29.0 Å². The SMILES string of the molecule is C[C@H]1CN(c2ccc(NC(=O)CSc3nccn3C)cc2F)C[C@H](C)O1. The second-order valence-electron chi connectivity index (χ2n) is 6.49. The van der Waals surface area contributed by atoms with Crippen LogP contribution in [0.4, 0.5) is 15.8 Å². The number of imidazole rings is 1. The Bertz CT molecular complexity index is 772. The zero-order valence-electron chi connectivity index (χ0n) is 15.1. The molecule has 1 aromatic carbocycles. The summed E-state index contributed by atoms with van der Waals surface area (Å²) in [4.78, 5) is 18.2. The molecule has 26 heavy (non-hydrogen) atoms. The highest BCUT2D eigenvalue weighted by molar-refractivity contribution is 7.99.